The van der Waals surface area contributed by atoms with Gasteiger partial charge in [0, 0.05) is 22.3 Å². The molecule has 0 aromatic heterocycles. The molecule has 5 aliphatic carbocycles. The van der Waals surface area contributed by atoms with Gasteiger partial charge in [-0.15, -0.1) is 0 Å². The highest BCUT2D eigenvalue weighted by Gasteiger charge is 2.64. The van der Waals surface area contributed by atoms with E-state index >= 15 is 47.9 Å². The average Bonchev–Trinajstić information content (AvgIpc) is 1.51. The van der Waals surface area contributed by atoms with E-state index in [-0.39, 0.29) is 88.3 Å². The van der Waals surface area contributed by atoms with Crippen molar-refractivity contribution in [1.82, 2.24) is 0 Å². The summed E-state index contributed by atoms with van der Waals surface area (Å²) in [6.07, 6.45) is 4.59. The maximum Gasteiger partial charge on any atom is 0.333 e. The third-order valence-corrected chi connectivity index (χ3v) is 21.5. The largest absolute Gasteiger partial charge is 0.459 e. The number of ketones is 4. The smallest absolute Gasteiger partial charge is 0.333 e. The van der Waals surface area contributed by atoms with Crippen LogP contribution in [0.3, 0.4) is 0 Å². The van der Waals surface area contributed by atoms with Gasteiger partial charge in [0.15, 0.2) is 46.4 Å². The lowest BCUT2D eigenvalue weighted by Gasteiger charge is -2.30. The summed E-state index contributed by atoms with van der Waals surface area (Å²) in [5.74, 6) is -16.7. The number of benzene rings is 12. The van der Waals surface area contributed by atoms with Gasteiger partial charge in [0.25, 0.3) is 0 Å². The quantitative estimate of drug-likeness (QED) is 0.0173. The maximum atomic E-state index is 16.6. The second kappa shape index (κ2) is 29.2. The summed E-state index contributed by atoms with van der Waals surface area (Å²) in [5, 5.41) is 0.211. The van der Waals surface area contributed by atoms with Crippen LogP contribution in [-0.2, 0) is 113 Å². The molecule has 12 aromatic rings. The molecule has 0 saturated carbocycles. The molecule has 0 saturated heterocycles. The van der Waals surface area contributed by atoms with Crippen molar-refractivity contribution >= 4 is 92.6 Å². The van der Waals surface area contributed by atoms with Gasteiger partial charge < -0.3 is 28.4 Å². The van der Waals surface area contributed by atoms with Gasteiger partial charge in [-0.25, -0.2) is 17.6 Å². The van der Waals surface area contributed by atoms with Gasteiger partial charge in [-0.3, -0.25) is 47.9 Å². The molecular weight excluding hydrogens is 1470 g/mol. The summed E-state index contributed by atoms with van der Waals surface area (Å²) in [4.78, 5) is 159. The molecule has 562 valence electrons. The minimum absolute atomic E-state index is 0.0528. The summed E-state index contributed by atoms with van der Waals surface area (Å²) >= 11 is 0. The number of Topliss-reactive ketones (excluding diaryl/α,β-unsaturated/α-hetero) is 4. The van der Waals surface area contributed by atoms with Crippen molar-refractivity contribution in [2.24, 2.45) is 0 Å². The first-order valence-corrected chi connectivity index (χ1v) is 36.3. The second-order valence-electron chi connectivity index (χ2n) is 28.2. The number of carbonyl (C=O) groups is 10. The Morgan fingerprint density at radius 1 is 0.261 bits per heavy atom. The van der Waals surface area contributed by atoms with Gasteiger partial charge in [-0.2, -0.15) is 0 Å². The highest BCUT2D eigenvalue weighted by atomic mass is 19.2. The van der Waals surface area contributed by atoms with Gasteiger partial charge in [0.05, 0.1) is 11.1 Å². The molecule has 0 fully saturated rings. The summed E-state index contributed by atoms with van der Waals surface area (Å²) < 4.78 is 97.5. The average molecular weight is 1530 g/mol. The van der Waals surface area contributed by atoms with Gasteiger partial charge >= 0.3 is 35.8 Å². The van der Waals surface area contributed by atoms with E-state index < -0.39 is 160 Å². The van der Waals surface area contributed by atoms with E-state index in [2.05, 4.69) is 0 Å². The van der Waals surface area contributed by atoms with Crippen LogP contribution >= 0.6 is 0 Å². The van der Waals surface area contributed by atoms with Crippen molar-refractivity contribution in [3.05, 3.63) is 402 Å². The lowest BCUT2D eigenvalue weighted by Crippen LogP contribution is -2.47. The molecule has 0 radical (unpaired) electrons. The summed E-state index contributed by atoms with van der Waals surface area (Å²) in [6, 6.07) is 63.8. The van der Waals surface area contributed by atoms with E-state index in [9.17, 15) is 17.6 Å². The van der Waals surface area contributed by atoms with E-state index in [1.165, 1.54) is 60.7 Å². The molecule has 5 aliphatic rings. The Hall–Kier alpha value is -14.7. The Labute approximate surface area is 651 Å². The van der Waals surface area contributed by atoms with Crippen LogP contribution < -0.4 is 0 Å². The molecule has 17 rings (SSSR count). The van der Waals surface area contributed by atoms with Crippen LogP contribution in [0.15, 0.2) is 289 Å². The molecule has 115 heavy (non-hydrogen) atoms. The zero-order valence-electron chi connectivity index (χ0n) is 60.3. The van der Waals surface area contributed by atoms with Crippen LogP contribution in [0.4, 0.5) is 17.6 Å². The van der Waals surface area contributed by atoms with Gasteiger partial charge in [0.1, 0.15) is 39.6 Å². The first kappa shape index (κ1) is 73.2. The first-order valence-electron chi connectivity index (χ1n) is 36.3. The molecular formula is C95H58F4O16. The molecule has 16 nitrogen and oxygen atoms in total. The van der Waals surface area contributed by atoms with Crippen LogP contribution in [-0.4, -0.2) is 58.9 Å². The van der Waals surface area contributed by atoms with E-state index in [4.69, 9.17) is 28.4 Å². The van der Waals surface area contributed by atoms with Crippen LogP contribution in [0.25, 0.3) is 44.8 Å². The Kier molecular flexibility index (Phi) is 18.6. The normalized spacial score (nSPS) is 14.7. The van der Waals surface area contributed by atoms with Crippen LogP contribution in [0.2, 0.25) is 0 Å². The summed E-state index contributed by atoms with van der Waals surface area (Å²) in [5.41, 5.74) is -11.0. The molecule has 0 heterocycles. The SMILES string of the molecule is O=C1C(=CC2=Cc3cc4c(cc3C2(C(=O)OCc2ccccc2)C(=O)OCc2ccccc2)-c2cc3c(cc2C4(C(=O)OCc2ccccc2)C(=O)OCc2ccccc2)C=C(C=C2C(=O)c4cc5cc(F)c(F)cc5cc4C2=O)C3(C(=O)OCc2ccccc2)C(=O)OCc2ccccc2)C(=O)c2cc3cc(F)c(F)cc3cc21. The molecule has 0 atom stereocenters. The van der Waals surface area contributed by atoms with Crippen LogP contribution in [0.1, 0.15) is 108 Å². The first-order chi connectivity index (χ1) is 55.7. The van der Waals surface area contributed by atoms with Crippen LogP contribution in [0, 0.1) is 23.3 Å². The summed E-state index contributed by atoms with van der Waals surface area (Å²) in [6.45, 7) is -2.99. The minimum Gasteiger partial charge on any atom is -0.459 e. The number of carbonyl (C=O) groups excluding carboxylic acids is 10. The minimum atomic E-state index is -2.95. The zero-order chi connectivity index (χ0) is 79.6. The predicted octanol–water partition coefficient (Wildman–Crippen LogP) is 16.6. The highest BCUT2D eigenvalue weighted by molar-refractivity contribution is 6.42. The Bertz CT molecular complexity index is 5730. The fraction of sp³-hybridized carbons (Fsp3) is 0.0947. The molecule has 0 amide bonds. The van der Waals surface area contributed by atoms with E-state index in [1.54, 1.807) is 182 Å². The lowest BCUT2D eigenvalue weighted by molar-refractivity contribution is -0.166. The zero-order valence-corrected chi connectivity index (χ0v) is 60.3. The topological polar surface area (TPSA) is 226 Å². The molecule has 0 aliphatic heterocycles. The third-order valence-electron chi connectivity index (χ3n) is 21.5. The number of allylic oxidation sites excluding steroid dienone is 4. The second-order valence-corrected chi connectivity index (χ2v) is 28.2. The molecule has 12 aromatic carbocycles. The summed E-state index contributed by atoms with van der Waals surface area (Å²) in [7, 11) is 0. The van der Waals surface area contributed by atoms with Crippen molar-refractivity contribution in [2.45, 2.75) is 55.9 Å². The Balaban J connectivity index is 0.936. The third kappa shape index (κ3) is 12.4. The number of fused-ring (bicyclic) bond motifs is 9. The number of rotatable bonds is 20. The monoisotopic (exact) mass is 1530 g/mol. The van der Waals surface area contributed by atoms with Crippen molar-refractivity contribution < 1.29 is 93.9 Å². The fourth-order valence-electron chi connectivity index (χ4n) is 15.8. The lowest BCUT2D eigenvalue weighted by atomic mass is 9.73. The van der Waals surface area contributed by atoms with Gasteiger partial charge in [-0.05, 0) is 208 Å². The van der Waals surface area contributed by atoms with E-state index in [1.807, 2.05) is 0 Å². The number of ether oxygens (including phenoxy) is 6. The van der Waals surface area contributed by atoms with Crippen molar-refractivity contribution in [1.29, 1.82) is 0 Å². The number of esters is 6. The molecule has 0 unspecified atom stereocenters. The number of hydrogen-bond donors (Lipinski definition) is 0. The van der Waals surface area contributed by atoms with Gasteiger partial charge in [0.2, 0.25) is 16.2 Å². The predicted molar refractivity (Wildman–Crippen MR) is 411 cm³/mol. The van der Waals surface area contributed by atoms with Crippen molar-refractivity contribution in [3.63, 3.8) is 0 Å². The number of hydrogen-bond acceptors (Lipinski definition) is 16. The van der Waals surface area contributed by atoms with Crippen LogP contribution in [0.5, 0.6) is 0 Å². The van der Waals surface area contributed by atoms with Gasteiger partial charge in [-0.1, -0.05) is 182 Å². The maximum absolute atomic E-state index is 16.6. The van der Waals surface area contributed by atoms with E-state index in [0.29, 0.717) is 33.4 Å². The molecule has 0 bridgehead atoms. The molecule has 20 heteroatoms. The molecule has 0 N–H and O–H groups in total. The highest BCUT2D eigenvalue weighted by Crippen LogP contribution is 2.59. The number of halogens is 4. The Morgan fingerprint density at radius 2 is 0.478 bits per heavy atom. The Morgan fingerprint density at radius 3 is 0.704 bits per heavy atom. The molecule has 0 spiro atoms. The van der Waals surface area contributed by atoms with E-state index in [0.717, 1.165) is 36.4 Å². The standard InChI is InChI=1S/C95H58F4O16/c96-79-39-59-33-69-70(34-60(59)40-80(79)97)84(101)73(83(69)100)43-65-31-63-37-77-67(45-75(63)93(65,87(104)110-47-53-19-7-1-8-20-53)88(105)111-48-54-21-9-2-10-22-54)68-46-76-64(38-78(68)95(77,91(108)114-51-57-27-15-5-16-28-57)92(109)115-52-58-29-17-6-18-30-58)32-66(44-74-85(102)71-35-61-41-81(98)82(99)42-62(61)36-72(71)86(74)103)94(76,89(106)112-49-55-23-11-3-12-24-55)90(107)113-50-56-25-13-4-14-26-56/h1-46H,47-52H2. The van der Waals surface area contributed by atoms with Crippen molar-refractivity contribution in [2.75, 3.05) is 0 Å². The van der Waals surface area contributed by atoms with Crippen molar-refractivity contribution in [3.8, 4) is 11.1 Å². The fourth-order valence-corrected chi connectivity index (χ4v) is 15.8.